The average molecular weight is 511 g/mol. The first-order chi connectivity index (χ1) is 14.1. The first-order valence-electron chi connectivity index (χ1n) is 9.48. The summed E-state index contributed by atoms with van der Waals surface area (Å²) in [7, 11) is 0. The van der Waals surface area contributed by atoms with E-state index < -0.39 is 0 Å². The number of hydrogen-bond donors (Lipinski definition) is 1. The molecule has 0 unspecified atom stereocenters. The van der Waals surface area contributed by atoms with E-state index in [2.05, 4.69) is 123 Å². The van der Waals surface area contributed by atoms with Crippen LogP contribution in [0.3, 0.4) is 0 Å². The maximum atomic E-state index is 6.18. The highest BCUT2D eigenvalue weighted by Gasteiger charge is 2.10. The minimum atomic E-state index is 0.513. The quantitative estimate of drug-likeness (QED) is 0.285. The van der Waals surface area contributed by atoms with Crippen LogP contribution in [0.4, 0.5) is 5.69 Å². The topological polar surface area (TPSA) is 21.3 Å². The molecule has 1 N–H and O–H groups in total. The highest BCUT2D eigenvalue weighted by Crippen LogP contribution is 2.36. The lowest BCUT2D eigenvalue weighted by Gasteiger charge is -2.14. The smallest absolute Gasteiger partial charge is 0.148 e. The van der Waals surface area contributed by atoms with Gasteiger partial charge in [0, 0.05) is 12.2 Å². The molecule has 0 amide bonds. The Bertz CT molecular complexity index is 1110. The summed E-state index contributed by atoms with van der Waals surface area (Å²) in [5.41, 5.74) is 4.71. The van der Waals surface area contributed by atoms with Crippen LogP contribution >= 0.6 is 31.9 Å². The monoisotopic (exact) mass is 509 g/mol. The standard InChI is InChI=1S/C25H21Br2NO/c1-17-9-11-21(12-10-17)28-15-18-13-23(26)25(24(27)14-18)29-16-20-7-4-6-19-5-2-3-8-22(19)20/h2-14,28H,15-16H2,1H3. The van der Waals surface area contributed by atoms with Crippen molar-refractivity contribution in [2.75, 3.05) is 5.32 Å². The van der Waals surface area contributed by atoms with Crippen LogP contribution in [0, 0.1) is 6.92 Å². The van der Waals surface area contributed by atoms with E-state index >= 15 is 0 Å². The van der Waals surface area contributed by atoms with E-state index in [1.54, 1.807) is 0 Å². The van der Waals surface area contributed by atoms with E-state index in [0.29, 0.717) is 6.61 Å². The van der Waals surface area contributed by atoms with Gasteiger partial charge in [-0.25, -0.2) is 0 Å². The van der Waals surface area contributed by atoms with Gasteiger partial charge in [-0.05, 0) is 84.9 Å². The van der Waals surface area contributed by atoms with Crippen LogP contribution in [-0.4, -0.2) is 0 Å². The van der Waals surface area contributed by atoms with Crippen molar-refractivity contribution in [3.8, 4) is 5.75 Å². The van der Waals surface area contributed by atoms with Gasteiger partial charge in [-0.15, -0.1) is 0 Å². The van der Waals surface area contributed by atoms with E-state index in [4.69, 9.17) is 4.74 Å². The predicted octanol–water partition coefficient (Wildman–Crippen LogP) is 7.86. The van der Waals surface area contributed by atoms with Crippen LogP contribution in [-0.2, 0) is 13.2 Å². The van der Waals surface area contributed by atoms with E-state index in [1.165, 1.54) is 27.5 Å². The Labute approximate surface area is 188 Å². The van der Waals surface area contributed by atoms with Crippen LogP contribution in [0.25, 0.3) is 10.8 Å². The Morgan fingerprint density at radius 1 is 0.828 bits per heavy atom. The molecule has 0 saturated carbocycles. The lowest BCUT2D eigenvalue weighted by molar-refractivity contribution is 0.303. The highest BCUT2D eigenvalue weighted by atomic mass is 79.9. The normalized spacial score (nSPS) is 10.9. The summed E-state index contributed by atoms with van der Waals surface area (Å²) in [6.07, 6.45) is 0. The maximum Gasteiger partial charge on any atom is 0.148 e. The third kappa shape index (κ3) is 4.82. The lowest BCUT2D eigenvalue weighted by atomic mass is 10.1. The minimum Gasteiger partial charge on any atom is -0.487 e. The van der Waals surface area contributed by atoms with Crippen LogP contribution in [0.15, 0.2) is 87.8 Å². The predicted molar refractivity (Wildman–Crippen MR) is 129 cm³/mol. The molecular formula is C25H21Br2NO. The molecule has 0 aliphatic heterocycles. The van der Waals surface area contributed by atoms with Gasteiger partial charge in [0.25, 0.3) is 0 Å². The van der Waals surface area contributed by atoms with Crippen molar-refractivity contribution in [2.45, 2.75) is 20.1 Å². The zero-order valence-corrected chi connectivity index (χ0v) is 19.3. The third-order valence-electron chi connectivity index (χ3n) is 4.86. The van der Waals surface area contributed by atoms with Crippen LogP contribution in [0.1, 0.15) is 16.7 Å². The average Bonchev–Trinajstić information content (AvgIpc) is 2.73. The first kappa shape index (κ1) is 20.0. The summed E-state index contributed by atoms with van der Waals surface area (Å²) in [6.45, 7) is 3.35. The molecule has 0 bridgehead atoms. The second-order valence-electron chi connectivity index (χ2n) is 7.04. The number of nitrogens with one attached hydrogen (secondary N) is 1. The molecule has 0 atom stereocenters. The Morgan fingerprint density at radius 2 is 1.52 bits per heavy atom. The van der Waals surface area contributed by atoms with Gasteiger partial charge in [-0.3, -0.25) is 0 Å². The summed E-state index contributed by atoms with van der Waals surface area (Å²) in [5, 5.41) is 5.91. The molecule has 146 valence electrons. The van der Waals surface area contributed by atoms with Gasteiger partial charge in [0.05, 0.1) is 8.95 Å². The molecule has 0 saturated heterocycles. The van der Waals surface area contributed by atoms with E-state index in [0.717, 1.165) is 26.9 Å². The fourth-order valence-corrected chi connectivity index (χ4v) is 4.81. The van der Waals surface area contributed by atoms with Crippen LogP contribution in [0.5, 0.6) is 5.75 Å². The molecule has 0 radical (unpaired) electrons. The van der Waals surface area contributed by atoms with Gasteiger partial charge in [-0.1, -0.05) is 60.2 Å². The summed E-state index contributed by atoms with van der Waals surface area (Å²) < 4.78 is 8.05. The molecule has 29 heavy (non-hydrogen) atoms. The fraction of sp³-hybridized carbons (Fsp3) is 0.120. The number of hydrogen-bond acceptors (Lipinski definition) is 2. The molecule has 0 heterocycles. The highest BCUT2D eigenvalue weighted by molar-refractivity contribution is 9.11. The van der Waals surface area contributed by atoms with Crippen LogP contribution < -0.4 is 10.1 Å². The lowest BCUT2D eigenvalue weighted by Crippen LogP contribution is -2.02. The third-order valence-corrected chi connectivity index (χ3v) is 6.04. The van der Waals surface area contributed by atoms with E-state index in [1.807, 2.05) is 0 Å². The van der Waals surface area contributed by atoms with Crippen molar-refractivity contribution in [3.63, 3.8) is 0 Å². The summed E-state index contributed by atoms with van der Waals surface area (Å²) in [5.74, 6) is 0.817. The Kier molecular flexibility index (Phi) is 6.22. The molecule has 4 heteroatoms. The number of ether oxygens (including phenoxy) is 1. The van der Waals surface area contributed by atoms with Crippen LogP contribution in [0.2, 0.25) is 0 Å². The summed E-state index contributed by atoms with van der Waals surface area (Å²) in [6, 6.07) is 27.3. The zero-order chi connectivity index (χ0) is 20.2. The number of fused-ring (bicyclic) bond motifs is 1. The largest absolute Gasteiger partial charge is 0.487 e. The molecule has 4 aromatic carbocycles. The van der Waals surface area contributed by atoms with E-state index in [9.17, 15) is 0 Å². The second-order valence-corrected chi connectivity index (χ2v) is 8.74. The fourth-order valence-electron chi connectivity index (χ4n) is 3.30. The molecular weight excluding hydrogens is 490 g/mol. The molecule has 0 fully saturated rings. The van der Waals surface area contributed by atoms with Gasteiger partial charge in [0.15, 0.2) is 0 Å². The molecule has 2 nitrogen and oxygen atoms in total. The maximum absolute atomic E-state index is 6.18. The molecule has 0 spiro atoms. The number of benzene rings is 4. The number of aryl methyl sites for hydroxylation is 1. The zero-order valence-electron chi connectivity index (χ0n) is 16.1. The van der Waals surface area contributed by atoms with Gasteiger partial charge in [0.1, 0.15) is 12.4 Å². The SMILES string of the molecule is Cc1ccc(NCc2cc(Br)c(OCc3cccc4ccccc34)c(Br)c2)cc1. The number of halogens is 2. The van der Waals surface area contributed by atoms with Crippen molar-refractivity contribution in [1.82, 2.24) is 0 Å². The summed E-state index contributed by atoms with van der Waals surface area (Å²) >= 11 is 7.35. The molecule has 0 aliphatic carbocycles. The van der Waals surface area contributed by atoms with Crippen molar-refractivity contribution in [3.05, 3.63) is 104 Å². The van der Waals surface area contributed by atoms with Gasteiger partial charge in [-0.2, -0.15) is 0 Å². The van der Waals surface area contributed by atoms with Crippen molar-refractivity contribution < 1.29 is 4.74 Å². The van der Waals surface area contributed by atoms with Gasteiger partial charge in [0.2, 0.25) is 0 Å². The number of rotatable bonds is 6. The first-order valence-corrected chi connectivity index (χ1v) is 11.1. The summed E-state index contributed by atoms with van der Waals surface area (Å²) in [4.78, 5) is 0. The molecule has 4 aromatic rings. The van der Waals surface area contributed by atoms with Crippen molar-refractivity contribution >= 4 is 48.3 Å². The minimum absolute atomic E-state index is 0.513. The van der Waals surface area contributed by atoms with Gasteiger partial charge < -0.3 is 10.1 Å². The molecule has 0 aliphatic rings. The molecule has 0 aromatic heterocycles. The second kappa shape index (κ2) is 9.02. The van der Waals surface area contributed by atoms with Gasteiger partial charge >= 0.3 is 0 Å². The Hall–Kier alpha value is -2.30. The van der Waals surface area contributed by atoms with Crippen molar-refractivity contribution in [1.29, 1.82) is 0 Å². The Morgan fingerprint density at radius 3 is 2.28 bits per heavy atom. The van der Waals surface area contributed by atoms with Crippen molar-refractivity contribution in [2.24, 2.45) is 0 Å². The number of anilines is 1. The molecule has 4 rings (SSSR count). The Balaban J connectivity index is 1.47. The van der Waals surface area contributed by atoms with E-state index in [-0.39, 0.29) is 0 Å².